The fraction of sp³-hybridized carbons (Fsp3) is 0.333. The number of hydrogen-bond acceptors (Lipinski definition) is 3. The lowest BCUT2D eigenvalue weighted by molar-refractivity contribution is 0.0988. The third kappa shape index (κ3) is 1.61. The summed E-state index contributed by atoms with van der Waals surface area (Å²) in [6.07, 6.45) is 2.03. The first-order chi connectivity index (χ1) is 5.65. The van der Waals surface area contributed by atoms with Crippen LogP contribution in [0.2, 0.25) is 0 Å². The number of carbonyl (C=O) groups excluding carboxylic acids is 1. The van der Waals surface area contributed by atoms with Crippen LogP contribution in [0.25, 0.3) is 0 Å². The predicted octanol–water partition coefficient (Wildman–Crippen LogP) is 1.56. The van der Waals surface area contributed by atoms with Crippen LogP contribution < -0.4 is 5.73 Å². The van der Waals surface area contributed by atoms with Crippen molar-refractivity contribution in [1.29, 1.82) is 0 Å². The molecule has 0 bridgehead atoms. The van der Waals surface area contributed by atoms with Gasteiger partial charge in [0.1, 0.15) is 5.82 Å². The Morgan fingerprint density at radius 1 is 1.67 bits per heavy atom. The van der Waals surface area contributed by atoms with E-state index in [1.807, 2.05) is 13.8 Å². The summed E-state index contributed by atoms with van der Waals surface area (Å²) in [4.78, 5) is 15.1. The summed E-state index contributed by atoms with van der Waals surface area (Å²) >= 11 is 0. The first-order valence-corrected chi connectivity index (χ1v) is 3.90. The zero-order valence-electron chi connectivity index (χ0n) is 7.29. The second-order valence-electron chi connectivity index (χ2n) is 2.70. The van der Waals surface area contributed by atoms with E-state index in [1.165, 1.54) is 6.20 Å². The molecule has 1 aromatic heterocycles. The molecule has 0 amide bonds. The average Bonchev–Trinajstić information content (AvgIpc) is 2.08. The molecule has 0 saturated heterocycles. The van der Waals surface area contributed by atoms with Gasteiger partial charge in [-0.15, -0.1) is 0 Å². The summed E-state index contributed by atoms with van der Waals surface area (Å²) in [6, 6.07) is 1.77. The lowest BCUT2D eigenvalue weighted by Crippen LogP contribution is -2.01. The SMILES string of the molecule is CCC(=O)c1cnc(N)c(C)c1. The number of anilines is 1. The summed E-state index contributed by atoms with van der Waals surface area (Å²) in [6.45, 7) is 3.67. The third-order valence-corrected chi connectivity index (χ3v) is 1.76. The molecule has 1 heterocycles. The number of hydrogen-bond donors (Lipinski definition) is 1. The molecule has 12 heavy (non-hydrogen) atoms. The van der Waals surface area contributed by atoms with E-state index >= 15 is 0 Å². The van der Waals surface area contributed by atoms with Crippen LogP contribution in [-0.4, -0.2) is 10.8 Å². The van der Waals surface area contributed by atoms with Crippen LogP contribution in [0.3, 0.4) is 0 Å². The molecular formula is C9H12N2O. The maximum Gasteiger partial charge on any atom is 0.164 e. The average molecular weight is 164 g/mol. The fourth-order valence-electron chi connectivity index (χ4n) is 0.942. The fourth-order valence-corrected chi connectivity index (χ4v) is 0.942. The largest absolute Gasteiger partial charge is 0.383 e. The number of nitrogens with zero attached hydrogens (tertiary/aromatic N) is 1. The van der Waals surface area contributed by atoms with Gasteiger partial charge in [0, 0.05) is 18.2 Å². The van der Waals surface area contributed by atoms with Crippen LogP contribution in [-0.2, 0) is 0 Å². The summed E-state index contributed by atoms with van der Waals surface area (Å²) in [7, 11) is 0. The minimum Gasteiger partial charge on any atom is -0.383 e. The Bertz CT molecular complexity index is 307. The van der Waals surface area contributed by atoms with Crippen molar-refractivity contribution in [3.05, 3.63) is 23.4 Å². The van der Waals surface area contributed by atoms with E-state index < -0.39 is 0 Å². The van der Waals surface area contributed by atoms with Crippen LogP contribution in [0.15, 0.2) is 12.3 Å². The monoisotopic (exact) mass is 164 g/mol. The smallest absolute Gasteiger partial charge is 0.164 e. The Morgan fingerprint density at radius 2 is 2.33 bits per heavy atom. The van der Waals surface area contributed by atoms with Crippen LogP contribution in [0.5, 0.6) is 0 Å². The molecule has 3 heteroatoms. The lowest BCUT2D eigenvalue weighted by atomic mass is 10.1. The highest BCUT2D eigenvalue weighted by molar-refractivity contribution is 5.95. The highest BCUT2D eigenvalue weighted by Gasteiger charge is 2.04. The van der Waals surface area contributed by atoms with Gasteiger partial charge in [-0.2, -0.15) is 0 Å². The van der Waals surface area contributed by atoms with Gasteiger partial charge in [0.25, 0.3) is 0 Å². The number of rotatable bonds is 2. The van der Waals surface area contributed by atoms with E-state index in [2.05, 4.69) is 4.98 Å². The number of aryl methyl sites for hydroxylation is 1. The second-order valence-corrected chi connectivity index (χ2v) is 2.70. The Balaban J connectivity index is 3.05. The molecule has 0 aromatic carbocycles. The van der Waals surface area contributed by atoms with Crippen LogP contribution in [0, 0.1) is 6.92 Å². The predicted molar refractivity (Wildman–Crippen MR) is 48.0 cm³/mol. The van der Waals surface area contributed by atoms with Gasteiger partial charge in [-0.25, -0.2) is 4.98 Å². The zero-order valence-corrected chi connectivity index (χ0v) is 7.29. The van der Waals surface area contributed by atoms with E-state index in [1.54, 1.807) is 6.07 Å². The molecule has 64 valence electrons. The number of carbonyl (C=O) groups is 1. The topological polar surface area (TPSA) is 56.0 Å². The molecule has 0 unspecified atom stereocenters. The van der Waals surface area contributed by atoms with Crippen molar-refractivity contribution in [2.24, 2.45) is 0 Å². The molecular weight excluding hydrogens is 152 g/mol. The quantitative estimate of drug-likeness (QED) is 0.675. The van der Waals surface area contributed by atoms with Crippen molar-refractivity contribution in [2.75, 3.05) is 5.73 Å². The van der Waals surface area contributed by atoms with Gasteiger partial charge in [0.05, 0.1) is 0 Å². The Morgan fingerprint density at radius 3 is 2.83 bits per heavy atom. The standard InChI is InChI=1S/C9H12N2O/c1-3-8(12)7-4-6(2)9(10)11-5-7/h4-5H,3H2,1-2H3,(H2,10,11). The molecule has 0 aliphatic heterocycles. The van der Waals surface area contributed by atoms with Crippen molar-refractivity contribution in [2.45, 2.75) is 20.3 Å². The van der Waals surface area contributed by atoms with Crippen molar-refractivity contribution < 1.29 is 4.79 Å². The van der Waals surface area contributed by atoms with Crippen LogP contribution in [0.1, 0.15) is 29.3 Å². The molecule has 0 fully saturated rings. The number of nitrogens with two attached hydrogens (primary N) is 1. The first-order valence-electron chi connectivity index (χ1n) is 3.90. The van der Waals surface area contributed by atoms with Crippen LogP contribution >= 0.6 is 0 Å². The molecule has 0 aliphatic rings. The van der Waals surface area contributed by atoms with Crippen molar-refractivity contribution in [1.82, 2.24) is 4.98 Å². The molecule has 2 N–H and O–H groups in total. The number of pyridine rings is 1. The normalized spacial score (nSPS) is 9.83. The molecule has 0 spiro atoms. The number of Topliss-reactive ketones (excluding diaryl/α,β-unsaturated/α-hetero) is 1. The Hall–Kier alpha value is -1.38. The maximum absolute atomic E-state index is 11.2. The van der Waals surface area contributed by atoms with E-state index in [-0.39, 0.29) is 5.78 Å². The Kier molecular flexibility index (Phi) is 2.43. The van der Waals surface area contributed by atoms with Gasteiger partial charge in [-0.05, 0) is 18.6 Å². The molecule has 0 atom stereocenters. The van der Waals surface area contributed by atoms with Crippen LogP contribution in [0.4, 0.5) is 5.82 Å². The van der Waals surface area contributed by atoms with E-state index in [9.17, 15) is 4.79 Å². The minimum atomic E-state index is 0.102. The third-order valence-electron chi connectivity index (χ3n) is 1.76. The van der Waals surface area contributed by atoms with Gasteiger partial charge in [0.15, 0.2) is 5.78 Å². The molecule has 1 aromatic rings. The number of ketones is 1. The molecule has 0 aliphatic carbocycles. The number of nitrogen functional groups attached to an aromatic ring is 1. The number of aromatic nitrogens is 1. The van der Waals surface area contributed by atoms with E-state index in [0.29, 0.717) is 17.8 Å². The zero-order chi connectivity index (χ0) is 9.14. The second kappa shape index (κ2) is 3.34. The maximum atomic E-state index is 11.2. The lowest BCUT2D eigenvalue weighted by Gasteiger charge is -2.01. The summed E-state index contributed by atoms with van der Waals surface area (Å²) in [5.74, 6) is 0.591. The molecule has 0 saturated carbocycles. The van der Waals surface area contributed by atoms with Crippen molar-refractivity contribution in [3.63, 3.8) is 0 Å². The highest BCUT2D eigenvalue weighted by atomic mass is 16.1. The van der Waals surface area contributed by atoms with Gasteiger partial charge < -0.3 is 5.73 Å². The molecule has 3 nitrogen and oxygen atoms in total. The summed E-state index contributed by atoms with van der Waals surface area (Å²) in [5.41, 5.74) is 7.01. The minimum absolute atomic E-state index is 0.102. The summed E-state index contributed by atoms with van der Waals surface area (Å²) in [5, 5.41) is 0. The van der Waals surface area contributed by atoms with Gasteiger partial charge in [0.2, 0.25) is 0 Å². The van der Waals surface area contributed by atoms with Crippen molar-refractivity contribution >= 4 is 11.6 Å². The van der Waals surface area contributed by atoms with E-state index in [4.69, 9.17) is 5.73 Å². The Labute approximate surface area is 71.6 Å². The van der Waals surface area contributed by atoms with Gasteiger partial charge in [-0.1, -0.05) is 6.92 Å². The molecule has 1 rings (SSSR count). The first kappa shape index (κ1) is 8.71. The van der Waals surface area contributed by atoms with Gasteiger partial charge in [-0.3, -0.25) is 4.79 Å². The van der Waals surface area contributed by atoms with E-state index in [0.717, 1.165) is 5.56 Å². The van der Waals surface area contributed by atoms with Gasteiger partial charge >= 0.3 is 0 Å². The summed E-state index contributed by atoms with van der Waals surface area (Å²) < 4.78 is 0. The molecule has 0 radical (unpaired) electrons. The van der Waals surface area contributed by atoms with Crippen molar-refractivity contribution in [3.8, 4) is 0 Å². The highest BCUT2D eigenvalue weighted by Crippen LogP contribution is 2.10.